The van der Waals surface area contributed by atoms with Crippen LogP contribution in [0.3, 0.4) is 0 Å². The zero-order valence-electron chi connectivity index (χ0n) is 22.8. The Morgan fingerprint density at radius 3 is 0.717 bits per heavy atom. The quantitative estimate of drug-likeness (QED) is 0.246. The Labute approximate surface area is 277 Å². The Kier molecular flexibility index (Phi) is 7.92. The number of rotatable bonds is 0. The Morgan fingerprint density at radius 1 is 0.348 bits per heavy atom. The van der Waals surface area contributed by atoms with Gasteiger partial charge in [0.1, 0.15) is 70.8 Å². The SMILES string of the molecule is N#CC(C#N)=c1c2c(c(=C(C#N)C#N)c3ccccc13)SC(=C1Sc3c(c(=C(C#N)C#N)c4ccccc4c3=C(C#N)C#N)S1)S2. The zero-order valence-corrected chi connectivity index (χ0v) is 26.1. The molecule has 0 amide bonds. The largest absolute Gasteiger partial charge is 0.192 e. The maximum atomic E-state index is 9.92. The molecule has 2 heterocycles. The van der Waals surface area contributed by atoms with Gasteiger partial charge in [-0.1, -0.05) is 95.6 Å². The number of benzene rings is 4. The van der Waals surface area contributed by atoms with E-state index in [1.165, 1.54) is 47.0 Å². The van der Waals surface area contributed by atoms with E-state index in [1.807, 2.05) is 48.6 Å². The number of nitrogens with zero attached hydrogens (tertiary/aromatic N) is 8. The molecule has 0 unspecified atom stereocenters. The highest BCUT2D eigenvalue weighted by Gasteiger charge is 2.33. The van der Waals surface area contributed by atoms with Crippen LogP contribution in [-0.4, -0.2) is 0 Å². The van der Waals surface area contributed by atoms with E-state index in [1.54, 1.807) is 48.5 Å². The minimum atomic E-state index is -0.121. The molecule has 46 heavy (non-hydrogen) atoms. The third kappa shape index (κ3) is 4.44. The van der Waals surface area contributed by atoms with Crippen molar-refractivity contribution in [3.05, 3.63) is 77.9 Å². The number of hydrogen-bond donors (Lipinski definition) is 0. The van der Waals surface area contributed by atoms with E-state index >= 15 is 0 Å². The Balaban J connectivity index is 1.75. The lowest BCUT2D eigenvalue weighted by Gasteiger charge is -2.07. The molecule has 2 aliphatic rings. The minimum Gasteiger partial charge on any atom is -0.192 e. The monoisotopic (exact) mass is 656 g/mol. The maximum Gasteiger partial charge on any atom is 0.138 e. The summed E-state index contributed by atoms with van der Waals surface area (Å²) in [5.74, 6) is 0. The van der Waals surface area contributed by atoms with Crippen molar-refractivity contribution in [3.63, 3.8) is 0 Å². The lowest BCUT2D eigenvalue weighted by atomic mass is 10.0. The molecule has 0 saturated heterocycles. The van der Waals surface area contributed by atoms with Gasteiger partial charge in [0.05, 0.1) is 8.47 Å². The lowest BCUT2D eigenvalue weighted by Crippen LogP contribution is -2.20. The minimum absolute atomic E-state index is 0.121. The molecule has 0 spiro atoms. The van der Waals surface area contributed by atoms with E-state index in [-0.39, 0.29) is 22.3 Å². The van der Waals surface area contributed by atoms with E-state index in [2.05, 4.69) is 0 Å². The van der Waals surface area contributed by atoms with Crippen molar-refractivity contribution in [1.82, 2.24) is 0 Å². The van der Waals surface area contributed by atoms with E-state index in [0.717, 1.165) is 0 Å². The fraction of sp³-hybridized carbons (Fsp3) is 0. The van der Waals surface area contributed by atoms with Gasteiger partial charge in [-0.25, -0.2) is 0 Å². The Morgan fingerprint density at radius 2 is 0.543 bits per heavy atom. The highest BCUT2D eigenvalue weighted by molar-refractivity contribution is 8.30. The highest BCUT2D eigenvalue weighted by atomic mass is 32.2. The van der Waals surface area contributed by atoms with Crippen LogP contribution in [0.25, 0.3) is 43.8 Å². The fourth-order valence-electron chi connectivity index (χ4n) is 5.29. The van der Waals surface area contributed by atoms with Crippen molar-refractivity contribution in [1.29, 1.82) is 42.1 Å². The first-order valence-corrected chi connectivity index (χ1v) is 16.1. The molecular weight excluding hydrogens is 649 g/mol. The molecule has 6 rings (SSSR count). The van der Waals surface area contributed by atoms with Crippen LogP contribution in [0.15, 0.2) is 76.6 Å². The first-order valence-electron chi connectivity index (χ1n) is 12.8. The predicted molar refractivity (Wildman–Crippen MR) is 175 cm³/mol. The molecule has 0 atom stereocenters. The summed E-state index contributed by atoms with van der Waals surface area (Å²) in [5.41, 5.74) is -0.484. The second kappa shape index (κ2) is 12.1. The summed E-state index contributed by atoms with van der Waals surface area (Å²) in [6, 6.07) is 29.9. The van der Waals surface area contributed by atoms with Crippen molar-refractivity contribution in [2.24, 2.45) is 0 Å². The fourth-order valence-corrected chi connectivity index (χ4v) is 11.2. The van der Waals surface area contributed by atoms with Crippen LogP contribution in [0.1, 0.15) is 0 Å². The molecule has 0 N–H and O–H groups in total. The number of nitriles is 8. The summed E-state index contributed by atoms with van der Waals surface area (Å²) >= 11 is 5.14. The first-order chi connectivity index (χ1) is 22.5. The molecule has 8 nitrogen and oxygen atoms in total. The average Bonchev–Trinajstić information content (AvgIpc) is 3.73. The van der Waals surface area contributed by atoms with Crippen molar-refractivity contribution in [2.75, 3.05) is 0 Å². The van der Waals surface area contributed by atoms with Crippen LogP contribution in [0.2, 0.25) is 0 Å². The Hall–Kier alpha value is -6.06. The van der Waals surface area contributed by atoms with Gasteiger partial charge in [0.15, 0.2) is 0 Å². The van der Waals surface area contributed by atoms with E-state index in [0.29, 0.717) is 70.5 Å². The van der Waals surface area contributed by atoms with Crippen LogP contribution in [0.4, 0.5) is 0 Å². The highest BCUT2D eigenvalue weighted by Crippen LogP contribution is 2.59. The zero-order chi connectivity index (χ0) is 32.5. The van der Waals surface area contributed by atoms with Gasteiger partial charge in [0.2, 0.25) is 0 Å². The average molecular weight is 657 g/mol. The smallest absolute Gasteiger partial charge is 0.138 e. The third-order valence-corrected chi connectivity index (χ3v) is 12.9. The molecule has 0 bridgehead atoms. The molecule has 12 heteroatoms. The second-order valence-electron chi connectivity index (χ2n) is 9.29. The summed E-state index contributed by atoms with van der Waals surface area (Å²) in [5, 5.41) is 83.2. The van der Waals surface area contributed by atoms with Gasteiger partial charge in [0.25, 0.3) is 0 Å². The number of hydrogen-bond acceptors (Lipinski definition) is 12. The van der Waals surface area contributed by atoms with Crippen molar-refractivity contribution in [3.8, 4) is 48.6 Å². The first kappa shape index (κ1) is 30.0. The molecule has 0 aliphatic carbocycles. The van der Waals surface area contributed by atoms with E-state index < -0.39 is 0 Å². The lowest BCUT2D eigenvalue weighted by molar-refractivity contribution is 1.21. The molecule has 0 radical (unpaired) electrons. The van der Waals surface area contributed by atoms with Crippen LogP contribution >= 0.6 is 47.0 Å². The summed E-state index contributed by atoms with van der Waals surface area (Å²) in [6.45, 7) is 0. The van der Waals surface area contributed by atoms with Crippen LogP contribution in [-0.2, 0) is 0 Å². The van der Waals surface area contributed by atoms with Gasteiger partial charge >= 0.3 is 0 Å². The summed E-state index contributed by atoms with van der Waals surface area (Å²) in [6.07, 6.45) is 0. The molecule has 2 aliphatic heterocycles. The van der Waals surface area contributed by atoms with Gasteiger partial charge in [-0.15, -0.1) is 0 Å². The standard InChI is InChI=1S/C34H8N8S4/c35-9-17(10-36)25-21-5-1-2-6-22(21)26(18(11-37)12-38)30-29(25)43-33(44-30)34-45-31-27(19(13-39)14-40)23-7-3-4-8-24(23)28(32(31)46-34)20(15-41)16-42/h1-8H. The van der Waals surface area contributed by atoms with Crippen molar-refractivity contribution >= 4 is 90.9 Å². The number of fused-ring (bicyclic) bond motifs is 4. The van der Waals surface area contributed by atoms with Gasteiger partial charge in [-0.05, 0) is 21.5 Å². The molecular formula is C34H8N8S4. The van der Waals surface area contributed by atoms with Crippen LogP contribution < -0.4 is 20.9 Å². The van der Waals surface area contributed by atoms with Crippen molar-refractivity contribution in [2.45, 2.75) is 19.6 Å². The van der Waals surface area contributed by atoms with E-state index in [9.17, 15) is 42.1 Å². The Bertz CT molecular complexity index is 2350. The number of thioether (sulfide) groups is 4. The van der Waals surface area contributed by atoms with Gasteiger partial charge in [-0.2, -0.15) is 42.1 Å². The van der Waals surface area contributed by atoms with E-state index in [4.69, 9.17) is 0 Å². The van der Waals surface area contributed by atoms with Crippen molar-refractivity contribution < 1.29 is 0 Å². The molecule has 0 aromatic heterocycles. The topological polar surface area (TPSA) is 190 Å². The predicted octanol–water partition coefficient (Wildman–Crippen LogP) is 5.01. The molecule has 4 aromatic rings. The molecule has 0 fully saturated rings. The molecule has 0 saturated carbocycles. The summed E-state index contributed by atoms with van der Waals surface area (Å²) in [4.78, 5) is 2.20. The second-order valence-corrected chi connectivity index (χ2v) is 13.9. The van der Waals surface area contributed by atoms with Crippen LogP contribution in [0, 0.1) is 90.6 Å². The summed E-state index contributed by atoms with van der Waals surface area (Å²) < 4.78 is 1.41. The summed E-state index contributed by atoms with van der Waals surface area (Å²) in [7, 11) is 0. The van der Waals surface area contributed by atoms with Crippen LogP contribution in [0.5, 0.6) is 0 Å². The van der Waals surface area contributed by atoms with Gasteiger partial charge < -0.3 is 0 Å². The van der Waals surface area contributed by atoms with Gasteiger partial charge in [0, 0.05) is 40.5 Å². The maximum absolute atomic E-state index is 9.92. The van der Waals surface area contributed by atoms with Gasteiger partial charge in [-0.3, -0.25) is 0 Å². The molecule has 208 valence electrons. The normalized spacial score (nSPS) is 12.2. The third-order valence-electron chi connectivity index (χ3n) is 7.09. The molecule has 4 aromatic carbocycles.